The van der Waals surface area contributed by atoms with E-state index < -0.39 is 37.3 Å². The zero-order valence-electron chi connectivity index (χ0n) is 11.5. The highest BCUT2D eigenvalue weighted by atomic mass is 16.6. The average Bonchev–Trinajstić information content (AvgIpc) is 2.51. The molecule has 5 atom stereocenters. The summed E-state index contributed by atoms with van der Waals surface area (Å²) in [6.07, 6.45) is -3.58. The fraction of sp³-hybridized carbons (Fsp3) is 0.500. The third-order valence-electron chi connectivity index (χ3n) is 3.38. The fourth-order valence-corrected chi connectivity index (χ4v) is 2.11. The van der Waals surface area contributed by atoms with E-state index in [4.69, 9.17) is 14.6 Å². The van der Waals surface area contributed by atoms with Gasteiger partial charge in [-0.3, -0.25) is 4.99 Å². The van der Waals surface area contributed by atoms with Crippen LogP contribution in [0.15, 0.2) is 29.3 Å². The minimum atomic E-state index is -1.39. The summed E-state index contributed by atoms with van der Waals surface area (Å²) < 4.78 is 10.1. The van der Waals surface area contributed by atoms with E-state index >= 15 is 0 Å². The monoisotopic (exact) mass is 297 g/mol. The number of ether oxygens (including phenoxy) is 2. The highest BCUT2D eigenvalue weighted by Crippen LogP contribution is 2.22. The van der Waals surface area contributed by atoms with Crippen molar-refractivity contribution >= 4 is 6.21 Å². The molecule has 7 nitrogen and oxygen atoms in total. The smallest absolute Gasteiger partial charge is 0.180 e. The number of aliphatic imine (C=N–C) groups is 1. The van der Waals surface area contributed by atoms with Crippen molar-refractivity contribution in [3.63, 3.8) is 0 Å². The molecule has 116 valence electrons. The molecule has 1 fully saturated rings. The van der Waals surface area contributed by atoms with Gasteiger partial charge in [0.2, 0.25) is 0 Å². The maximum atomic E-state index is 9.93. The third-order valence-corrected chi connectivity index (χ3v) is 3.38. The van der Waals surface area contributed by atoms with E-state index in [-0.39, 0.29) is 0 Å². The van der Waals surface area contributed by atoms with Crippen LogP contribution in [0, 0.1) is 0 Å². The van der Waals surface area contributed by atoms with E-state index in [9.17, 15) is 15.3 Å². The molecule has 0 aromatic heterocycles. The molecule has 0 spiro atoms. The zero-order chi connectivity index (χ0) is 15.4. The minimum Gasteiger partial charge on any atom is -0.497 e. The van der Waals surface area contributed by atoms with Gasteiger partial charge in [0.05, 0.1) is 13.7 Å². The van der Waals surface area contributed by atoms with Crippen molar-refractivity contribution in [3.8, 4) is 5.75 Å². The Balaban J connectivity index is 2.08. The van der Waals surface area contributed by atoms with Crippen molar-refractivity contribution in [1.82, 2.24) is 0 Å². The zero-order valence-corrected chi connectivity index (χ0v) is 11.5. The molecule has 0 unspecified atom stereocenters. The third kappa shape index (κ3) is 3.58. The van der Waals surface area contributed by atoms with E-state index in [0.29, 0.717) is 5.75 Å². The number of nitrogens with zero attached hydrogens (tertiary/aromatic N) is 1. The molecule has 21 heavy (non-hydrogen) atoms. The van der Waals surface area contributed by atoms with Crippen molar-refractivity contribution in [1.29, 1.82) is 0 Å². The first kappa shape index (κ1) is 15.9. The van der Waals surface area contributed by atoms with Gasteiger partial charge in [0.15, 0.2) is 6.29 Å². The lowest BCUT2D eigenvalue weighted by molar-refractivity contribution is -0.248. The summed E-state index contributed by atoms with van der Waals surface area (Å²) in [5, 5.41) is 38.5. The van der Waals surface area contributed by atoms with E-state index in [1.807, 2.05) is 0 Å². The largest absolute Gasteiger partial charge is 0.497 e. The Bertz CT molecular complexity index is 477. The van der Waals surface area contributed by atoms with E-state index in [2.05, 4.69) is 4.99 Å². The lowest BCUT2D eigenvalue weighted by atomic mass is 9.97. The average molecular weight is 297 g/mol. The molecule has 0 saturated carbocycles. The maximum Gasteiger partial charge on any atom is 0.180 e. The van der Waals surface area contributed by atoms with Crippen LogP contribution in [0.25, 0.3) is 0 Å². The topological polar surface area (TPSA) is 112 Å². The molecule has 1 aliphatic heterocycles. The van der Waals surface area contributed by atoms with Gasteiger partial charge in [-0.15, -0.1) is 0 Å². The second-order valence-corrected chi connectivity index (χ2v) is 4.77. The summed E-state index contributed by atoms with van der Waals surface area (Å²) in [6, 6.07) is 6.00. The number of methoxy groups -OCH3 is 1. The molecule has 1 aromatic rings. The van der Waals surface area contributed by atoms with Crippen molar-refractivity contribution in [3.05, 3.63) is 29.8 Å². The van der Waals surface area contributed by atoms with Gasteiger partial charge < -0.3 is 29.9 Å². The lowest BCUT2D eigenvalue weighted by Crippen LogP contribution is -2.57. The summed E-state index contributed by atoms with van der Waals surface area (Å²) in [6.45, 7) is -0.496. The molecule has 0 radical (unpaired) electrons. The molecule has 1 aromatic carbocycles. The van der Waals surface area contributed by atoms with Crippen LogP contribution in [-0.2, 0) is 4.74 Å². The Hall–Kier alpha value is -1.51. The molecule has 4 N–H and O–H groups in total. The lowest BCUT2D eigenvalue weighted by Gasteiger charge is -2.38. The molecule has 0 bridgehead atoms. The van der Waals surface area contributed by atoms with Gasteiger partial charge in [-0.25, -0.2) is 0 Å². The Labute approximate surface area is 122 Å². The van der Waals surface area contributed by atoms with Gasteiger partial charge in [0.1, 0.15) is 30.1 Å². The normalized spacial score (nSPS) is 33.3. The highest BCUT2D eigenvalue weighted by Gasteiger charge is 2.43. The molecule has 1 saturated heterocycles. The van der Waals surface area contributed by atoms with Crippen molar-refractivity contribution in [2.75, 3.05) is 13.7 Å². The SMILES string of the molecule is COc1ccc(C=N[C@@H]2[C@H](O)[C@H](O)[C@H](CO)O[C@@H]2O)cc1. The fourth-order valence-electron chi connectivity index (χ4n) is 2.11. The van der Waals surface area contributed by atoms with Crippen LogP contribution in [-0.4, -0.2) is 71.0 Å². The van der Waals surface area contributed by atoms with Gasteiger partial charge in [0.25, 0.3) is 0 Å². The summed E-state index contributed by atoms with van der Waals surface area (Å²) in [5.74, 6) is 0.703. The van der Waals surface area contributed by atoms with E-state index in [1.54, 1.807) is 31.4 Å². The van der Waals surface area contributed by atoms with Gasteiger partial charge in [-0.05, 0) is 29.8 Å². The Morgan fingerprint density at radius 3 is 2.43 bits per heavy atom. The first-order chi connectivity index (χ1) is 10.1. The Kier molecular flexibility index (Phi) is 5.27. The van der Waals surface area contributed by atoms with Crippen LogP contribution in [0.1, 0.15) is 5.56 Å². The van der Waals surface area contributed by atoms with E-state index in [0.717, 1.165) is 5.56 Å². The number of hydrogen-bond donors (Lipinski definition) is 4. The predicted octanol–water partition coefficient (Wildman–Crippen LogP) is -1.09. The van der Waals surface area contributed by atoms with Gasteiger partial charge in [0, 0.05) is 6.21 Å². The summed E-state index contributed by atoms with van der Waals surface area (Å²) in [7, 11) is 1.56. The van der Waals surface area contributed by atoms with Crippen molar-refractivity contribution < 1.29 is 29.9 Å². The van der Waals surface area contributed by atoms with Crippen LogP contribution in [0.3, 0.4) is 0 Å². The van der Waals surface area contributed by atoms with Crippen molar-refractivity contribution in [2.24, 2.45) is 4.99 Å². The number of aliphatic hydroxyl groups is 4. The Morgan fingerprint density at radius 2 is 1.86 bits per heavy atom. The molecule has 0 amide bonds. The number of benzene rings is 1. The van der Waals surface area contributed by atoms with Crippen molar-refractivity contribution in [2.45, 2.75) is 30.6 Å². The molecule has 1 heterocycles. The molecule has 0 aliphatic carbocycles. The van der Waals surface area contributed by atoms with Crippen LogP contribution in [0.4, 0.5) is 0 Å². The van der Waals surface area contributed by atoms with Gasteiger partial charge in [-0.1, -0.05) is 0 Å². The molecule has 7 heteroatoms. The molecular formula is C14H19NO6. The standard InChI is InChI=1S/C14H19NO6/c1-20-9-4-2-8(3-5-9)6-15-11-13(18)12(17)10(7-16)21-14(11)19/h2-6,10-14,16-19H,7H2,1H3/t10-,11+,12+,13-,14-/m0/s1. The number of rotatable bonds is 4. The van der Waals surface area contributed by atoms with Crippen LogP contribution < -0.4 is 4.74 Å². The number of aliphatic hydroxyl groups excluding tert-OH is 4. The first-order valence-corrected chi connectivity index (χ1v) is 6.54. The van der Waals surface area contributed by atoms with Gasteiger partial charge >= 0.3 is 0 Å². The second-order valence-electron chi connectivity index (χ2n) is 4.77. The van der Waals surface area contributed by atoms with Crippen LogP contribution >= 0.6 is 0 Å². The maximum absolute atomic E-state index is 9.93. The Morgan fingerprint density at radius 1 is 1.19 bits per heavy atom. The van der Waals surface area contributed by atoms with Crippen LogP contribution in [0.5, 0.6) is 5.75 Å². The summed E-state index contributed by atoms with van der Waals surface area (Å²) in [5.41, 5.74) is 0.744. The summed E-state index contributed by atoms with van der Waals surface area (Å²) >= 11 is 0. The van der Waals surface area contributed by atoms with Gasteiger partial charge in [-0.2, -0.15) is 0 Å². The summed E-state index contributed by atoms with van der Waals surface area (Å²) in [4.78, 5) is 4.06. The first-order valence-electron chi connectivity index (χ1n) is 6.54. The minimum absolute atomic E-state index is 0.496. The predicted molar refractivity (Wildman–Crippen MR) is 74.4 cm³/mol. The molecule has 1 aliphatic rings. The number of hydrogen-bond acceptors (Lipinski definition) is 7. The quantitative estimate of drug-likeness (QED) is 0.526. The van der Waals surface area contributed by atoms with Crippen LogP contribution in [0.2, 0.25) is 0 Å². The molecule has 2 rings (SSSR count). The van der Waals surface area contributed by atoms with E-state index in [1.165, 1.54) is 6.21 Å². The molecular weight excluding hydrogens is 278 g/mol. The highest BCUT2D eigenvalue weighted by molar-refractivity contribution is 5.79. The second kappa shape index (κ2) is 6.97.